The molecule has 2 rings (SSSR count). The third-order valence-electron chi connectivity index (χ3n) is 3.25. The van der Waals surface area contributed by atoms with Gasteiger partial charge in [0, 0.05) is 17.7 Å². The number of nitrogens with one attached hydrogen (secondary N) is 2. The van der Waals surface area contributed by atoms with Gasteiger partial charge in [0.2, 0.25) is 5.91 Å². The Hall–Kier alpha value is -3.56. The van der Waals surface area contributed by atoms with Gasteiger partial charge in [0.1, 0.15) is 11.6 Å². The summed E-state index contributed by atoms with van der Waals surface area (Å²) < 4.78 is 31.1. The highest BCUT2D eigenvalue weighted by Crippen LogP contribution is 2.27. The molecular weight excluding hydrogens is 352 g/mol. The summed E-state index contributed by atoms with van der Waals surface area (Å²) in [5, 5.41) is 15.4. The van der Waals surface area contributed by atoms with Gasteiger partial charge in [-0.25, -0.2) is 8.78 Å². The van der Waals surface area contributed by atoms with Crippen molar-refractivity contribution >= 4 is 23.2 Å². The molecule has 2 aromatic carbocycles. The number of nitrogens with zero attached hydrogens (tertiary/aromatic N) is 1. The Balaban J connectivity index is 2.00. The van der Waals surface area contributed by atoms with Crippen molar-refractivity contribution < 1.29 is 28.0 Å². The van der Waals surface area contributed by atoms with Crippen molar-refractivity contribution in [2.75, 3.05) is 19.0 Å². The number of rotatable bonds is 6. The number of hydrogen-bond donors (Lipinski definition) is 2. The second-order valence-electron chi connectivity index (χ2n) is 5.00. The van der Waals surface area contributed by atoms with Crippen molar-refractivity contribution in [3.8, 4) is 5.75 Å². The van der Waals surface area contributed by atoms with Crippen molar-refractivity contribution in [2.24, 2.45) is 0 Å². The number of amides is 2. The summed E-state index contributed by atoms with van der Waals surface area (Å²) in [7, 11) is 1.25. The van der Waals surface area contributed by atoms with E-state index in [9.17, 15) is 28.5 Å². The minimum Gasteiger partial charge on any atom is -0.490 e. The van der Waals surface area contributed by atoms with Crippen molar-refractivity contribution in [1.82, 2.24) is 5.32 Å². The summed E-state index contributed by atoms with van der Waals surface area (Å²) in [6, 6.07) is 6.15. The second-order valence-corrected chi connectivity index (χ2v) is 5.00. The summed E-state index contributed by atoms with van der Waals surface area (Å²) >= 11 is 0. The summed E-state index contributed by atoms with van der Waals surface area (Å²) in [4.78, 5) is 34.0. The molecule has 0 fully saturated rings. The molecule has 0 radical (unpaired) electrons. The molecule has 0 saturated carbocycles. The number of methoxy groups -OCH3 is 1. The van der Waals surface area contributed by atoms with Crippen LogP contribution in [0.4, 0.5) is 20.2 Å². The van der Waals surface area contributed by atoms with Crippen LogP contribution in [0.1, 0.15) is 10.4 Å². The maximum absolute atomic E-state index is 13.4. The van der Waals surface area contributed by atoms with Crippen LogP contribution >= 0.6 is 0 Å². The average Bonchev–Trinajstić information content (AvgIpc) is 2.61. The number of hydrogen-bond acceptors (Lipinski definition) is 5. The van der Waals surface area contributed by atoms with Gasteiger partial charge in [0.25, 0.3) is 5.91 Å². The number of carbonyl (C=O) groups is 2. The van der Waals surface area contributed by atoms with Crippen molar-refractivity contribution in [2.45, 2.75) is 0 Å². The first-order valence-corrected chi connectivity index (χ1v) is 7.17. The maximum atomic E-state index is 13.4. The molecular formula is C16H13F2N3O5. The van der Waals surface area contributed by atoms with Crippen LogP contribution in [0.3, 0.4) is 0 Å². The zero-order valence-corrected chi connectivity index (χ0v) is 13.4. The van der Waals surface area contributed by atoms with Gasteiger partial charge in [-0.15, -0.1) is 0 Å². The van der Waals surface area contributed by atoms with Crippen LogP contribution in [0.25, 0.3) is 0 Å². The van der Waals surface area contributed by atoms with Crippen LogP contribution in [-0.2, 0) is 4.79 Å². The minimum absolute atomic E-state index is 0.0175. The molecule has 0 bridgehead atoms. The van der Waals surface area contributed by atoms with Gasteiger partial charge in [-0.1, -0.05) is 0 Å². The van der Waals surface area contributed by atoms with E-state index in [1.807, 2.05) is 0 Å². The second kappa shape index (κ2) is 8.01. The molecule has 0 aliphatic carbocycles. The van der Waals surface area contributed by atoms with Gasteiger partial charge in [0.15, 0.2) is 5.75 Å². The largest absolute Gasteiger partial charge is 0.490 e. The molecule has 2 N–H and O–H groups in total. The SMILES string of the molecule is COc1ccc(C(=O)NCC(=O)Nc2ccc(F)cc2F)cc1[N+](=O)[O-]. The van der Waals surface area contributed by atoms with E-state index < -0.39 is 40.6 Å². The highest BCUT2D eigenvalue weighted by atomic mass is 19.1. The topological polar surface area (TPSA) is 111 Å². The zero-order chi connectivity index (χ0) is 19.3. The fourth-order valence-electron chi connectivity index (χ4n) is 2.02. The quantitative estimate of drug-likeness (QED) is 0.603. The van der Waals surface area contributed by atoms with Gasteiger partial charge in [-0.2, -0.15) is 0 Å². The molecule has 0 aliphatic rings. The van der Waals surface area contributed by atoms with E-state index in [0.717, 1.165) is 18.2 Å². The summed E-state index contributed by atoms with van der Waals surface area (Å²) in [5.74, 6) is -3.28. The van der Waals surface area contributed by atoms with Crippen LogP contribution in [0.2, 0.25) is 0 Å². The number of nitro benzene ring substituents is 1. The van der Waals surface area contributed by atoms with Crippen LogP contribution in [0.15, 0.2) is 36.4 Å². The number of halogens is 2. The Labute approximate surface area is 145 Å². The number of anilines is 1. The van der Waals surface area contributed by atoms with E-state index in [2.05, 4.69) is 10.6 Å². The Morgan fingerprint density at radius 2 is 1.92 bits per heavy atom. The molecule has 0 aliphatic heterocycles. The molecule has 0 aromatic heterocycles. The van der Waals surface area contributed by atoms with Crippen LogP contribution in [-0.4, -0.2) is 30.4 Å². The molecule has 8 nitrogen and oxygen atoms in total. The molecule has 0 spiro atoms. The molecule has 2 aromatic rings. The smallest absolute Gasteiger partial charge is 0.311 e. The maximum Gasteiger partial charge on any atom is 0.311 e. The molecule has 0 saturated heterocycles. The lowest BCUT2D eigenvalue weighted by molar-refractivity contribution is -0.385. The number of nitro groups is 1. The Morgan fingerprint density at radius 3 is 2.54 bits per heavy atom. The first-order chi connectivity index (χ1) is 12.3. The Bertz CT molecular complexity index is 873. The molecule has 10 heteroatoms. The van der Waals surface area contributed by atoms with E-state index >= 15 is 0 Å². The molecule has 0 heterocycles. The lowest BCUT2D eigenvalue weighted by Crippen LogP contribution is -2.33. The average molecular weight is 365 g/mol. The van der Waals surface area contributed by atoms with Crippen molar-refractivity contribution in [3.63, 3.8) is 0 Å². The van der Waals surface area contributed by atoms with Crippen LogP contribution < -0.4 is 15.4 Å². The van der Waals surface area contributed by atoms with E-state index in [0.29, 0.717) is 6.07 Å². The van der Waals surface area contributed by atoms with Gasteiger partial charge in [0.05, 0.1) is 24.3 Å². The minimum atomic E-state index is -0.963. The molecule has 136 valence electrons. The third kappa shape index (κ3) is 4.50. The highest BCUT2D eigenvalue weighted by molar-refractivity contribution is 5.99. The van der Waals surface area contributed by atoms with Crippen molar-refractivity contribution in [1.29, 1.82) is 0 Å². The number of benzene rings is 2. The fourth-order valence-corrected chi connectivity index (χ4v) is 2.02. The third-order valence-corrected chi connectivity index (χ3v) is 3.25. The van der Waals surface area contributed by atoms with E-state index in [1.165, 1.54) is 19.2 Å². The standard InChI is InChI=1S/C16H13F2N3O5/c1-26-14-5-2-9(6-13(14)21(24)25)16(23)19-8-15(22)20-12-4-3-10(17)7-11(12)18/h2-7H,8H2,1H3,(H,19,23)(H,20,22). The Kier molecular flexibility index (Phi) is 5.78. The predicted octanol–water partition coefficient (Wildman–Crippen LogP) is 2.25. The molecule has 0 unspecified atom stereocenters. The van der Waals surface area contributed by atoms with Crippen LogP contribution in [0.5, 0.6) is 5.75 Å². The van der Waals surface area contributed by atoms with Gasteiger partial charge in [-0.05, 0) is 24.3 Å². The molecule has 26 heavy (non-hydrogen) atoms. The molecule has 0 atom stereocenters. The van der Waals surface area contributed by atoms with Gasteiger partial charge >= 0.3 is 5.69 Å². The predicted molar refractivity (Wildman–Crippen MR) is 87.0 cm³/mol. The van der Waals surface area contributed by atoms with E-state index in [1.54, 1.807) is 0 Å². The number of carbonyl (C=O) groups excluding carboxylic acids is 2. The van der Waals surface area contributed by atoms with E-state index in [-0.39, 0.29) is 17.0 Å². The fraction of sp³-hybridized carbons (Fsp3) is 0.125. The zero-order valence-electron chi connectivity index (χ0n) is 13.4. The molecule has 2 amide bonds. The van der Waals surface area contributed by atoms with E-state index in [4.69, 9.17) is 4.74 Å². The lowest BCUT2D eigenvalue weighted by atomic mass is 10.1. The normalized spacial score (nSPS) is 10.1. The summed E-state index contributed by atoms with van der Waals surface area (Å²) in [6.07, 6.45) is 0. The van der Waals surface area contributed by atoms with Crippen LogP contribution in [0, 0.1) is 21.7 Å². The Morgan fingerprint density at radius 1 is 1.19 bits per heavy atom. The lowest BCUT2D eigenvalue weighted by Gasteiger charge is -2.08. The van der Waals surface area contributed by atoms with Gasteiger partial charge < -0.3 is 15.4 Å². The van der Waals surface area contributed by atoms with Gasteiger partial charge in [-0.3, -0.25) is 19.7 Å². The monoisotopic (exact) mass is 365 g/mol. The summed E-state index contributed by atoms with van der Waals surface area (Å²) in [5.41, 5.74) is -0.706. The first kappa shape index (κ1) is 18.8. The first-order valence-electron chi connectivity index (χ1n) is 7.17. The summed E-state index contributed by atoms with van der Waals surface area (Å²) in [6.45, 7) is -0.518. The van der Waals surface area contributed by atoms with Crippen molar-refractivity contribution in [3.05, 3.63) is 63.7 Å². The highest BCUT2D eigenvalue weighted by Gasteiger charge is 2.18. The number of ether oxygens (including phenoxy) is 1.